The lowest BCUT2D eigenvalue weighted by atomic mass is 10.2. The van der Waals surface area contributed by atoms with E-state index in [9.17, 15) is 4.79 Å². The maximum atomic E-state index is 11.5. The molecule has 0 saturated heterocycles. The van der Waals surface area contributed by atoms with Gasteiger partial charge in [0.15, 0.2) is 0 Å². The molecule has 0 aliphatic heterocycles. The molecule has 0 aliphatic carbocycles. The fraction of sp³-hybridized carbons (Fsp3) is 0.400. The van der Waals surface area contributed by atoms with Crippen LogP contribution in [0.4, 0.5) is 5.69 Å². The van der Waals surface area contributed by atoms with Gasteiger partial charge < -0.3 is 10.2 Å². The number of benzene rings is 1. The Balaban J connectivity index is 2.48. The average Bonchev–Trinajstić information content (AvgIpc) is 2.37. The molecular weight excluding hydrogens is 224 g/mol. The molecule has 1 aromatic carbocycles. The highest BCUT2D eigenvalue weighted by Gasteiger charge is 1.95. The van der Waals surface area contributed by atoms with Gasteiger partial charge in [0.1, 0.15) is 0 Å². The van der Waals surface area contributed by atoms with E-state index in [0.717, 1.165) is 30.6 Å². The highest BCUT2D eigenvalue weighted by atomic mass is 16.1. The van der Waals surface area contributed by atoms with Crippen LogP contribution in [0.3, 0.4) is 0 Å². The number of hydrogen-bond donors (Lipinski definition) is 1. The number of carbonyl (C=O) groups is 1. The molecule has 0 aromatic heterocycles. The van der Waals surface area contributed by atoms with Crippen LogP contribution in [-0.2, 0) is 4.79 Å². The number of hydrogen-bond acceptors (Lipinski definition) is 2. The first-order valence-electron chi connectivity index (χ1n) is 6.36. The van der Waals surface area contributed by atoms with Crippen molar-refractivity contribution < 1.29 is 4.79 Å². The summed E-state index contributed by atoms with van der Waals surface area (Å²) in [5.41, 5.74) is 2.19. The molecule has 0 bridgehead atoms. The van der Waals surface area contributed by atoms with Crippen molar-refractivity contribution in [2.45, 2.75) is 19.8 Å². The molecule has 1 rings (SSSR count). The predicted octanol–water partition coefficient (Wildman–Crippen LogP) is 2.68. The van der Waals surface area contributed by atoms with Gasteiger partial charge in [-0.05, 0) is 30.2 Å². The van der Waals surface area contributed by atoms with Gasteiger partial charge in [-0.3, -0.25) is 4.79 Å². The van der Waals surface area contributed by atoms with Crippen molar-refractivity contribution in [3.8, 4) is 0 Å². The fourth-order valence-electron chi connectivity index (χ4n) is 1.50. The van der Waals surface area contributed by atoms with Crippen molar-refractivity contribution >= 4 is 17.7 Å². The third-order valence-corrected chi connectivity index (χ3v) is 2.67. The van der Waals surface area contributed by atoms with Gasteiger partial charge in [-0.15, -0.1) is 0 Å². The van der Waals surface area contributed by atoms with Crippen LogP contribution in [0.15, 0.2) is 30.3 Å². The van der Waals surface area contributed by atoms with Gasteiger partial charge in [0.05, 0.1) is 0 Å². The molecule has 18 heavy (non-hydrogen) atoms. The minimum Gasteiger partial charge on any atom is -0.378 e. The first kappa shape index (κ1) is 14.3. The number of amides is 1. The SMILES string of the molecule is CCCCNC(=O)/C=C/c1ccc(N(C)C)cc1. The van der Waals surface area contributed by atoms with Crippen LogP contribution in [0.5, 0.6) is 0 Å². The summed E-state index contributed by atoms with van der Waals surface area (Å²) in [4.78, 5) is 13.5. The number of anilines is 1. The molecule has 0 aliphatic rings. The summed E-state index contributed by atoms with van der Waals surface area (Å²) in [6.45, 7) is 2.85. The largest absolute Gasteiger partial charge is 0.378 e. The molecule has 0 fully saturated rings. The Hall–Kier alpha value is -1.77. The molecule has 1 amide bonds. The van der Waals surface area contributed by atoms with E-state index in [1.165, 1.54) is 0 Å². The Kier molecular flexibility index (Phi) is 5.98. The molecule has 98 valence electrons. The summed E-state index contributed by atoms with van der Waals surface area (Å²) in [5.74, 6) is -0.0277. The maximum Gasteiger partial charge on any atom is 0.243 e. The molecule has 0 heterocycles. The molecule has 0 saturated carbocycles. The van der Waals surface area contributed by atoms with E-state index in [-0.39, 0.29) is 5.91 Å². The average molecular weight is 246 g/mol. The van der Waals surface area contributed by atoms with Crippen LogP contribution in [-0.4, -0.2) is 26.5 Å². The van der Waals surface area contributed by atoms with Crippen molar-refractivity contribution in [3.63, 3.8) is 0 Å². The summed E-state index contributed by atoms with van der Waals surface area (Å²) >= 11 is 0. The molecule has 0 unspecified atom stereocenters. The second kappa shape index (κ2) is 7.54. The molecule has 0 radical (unpaired) electrons. The number of nitrogens with one attached hydrogen (secondary N) is 1. The third kappa shape index (κ3) is 5.04. The van der Waals surface area contributed by atoms with E-state index in [4.69, 9.17) is 0 Å². The van der Waals surface area contributed by atoms with Crippen LogP contribution in [0.2, 0.25) is 0 Å². The van der Waals surface area contributed by atoms with Gasteiger partial charge in [-0.1, -0.05) is 25.5 Å². The van der Waals surface area contributed by atoms with Gasteiger partial charge in [0.2, 0.25) is 5.91 Å². The molecule has 0 atom stereocenters. The number of nitrogens with zero attached hydrogens (tertiary/aromatic N) is 1. The summed E-state index contributed by atoms with van der Waals surface area (Å²) in [6, 6.07) is 8.08. The van der Waals surface area contributed by atoms with Gasteiger partial charge in [-0.25, -0.2) is 0 Å². The molecule has 1 aromatic rings. The topological polar surface area (TPSA) is 32.3 Å². The Morgan fingerprint density at radius 1 is 1.28 bits per heavy atom. The highest BCUT2D eigenvalue weighted by molar-refractivity contribution is 5.91. The first-order chi connectivity index (χ1) is 8.63. The van der Waals surface area contributed by atoms with Crippen molar-refractivity contribution in [1.29, 1.82) is 0 Å². The zero-order valence-electron chi connectivity index (χ0n) is 11.4. The van der Waals surface area contributed by atoms with Gasteiger partial charge in [0.25, 0.3) is 0 Å². The van der Waals surface area contributed by atoms with Crippen LogP contribution in [0, 0.1) is 0 Å². The predicted molar refractivity (Wildman–Crippen MR) is 77.7 cm³/mol. The van der Waals surface area contributed by atoms with Crippen LogP contribution >= 0.6 is 0 Å². The number of rotatable bonds is 6. The van der Waals surface area contributed by atoms with Crippen LogP contribution in [0.1, 0.15) is 25.3 Å². The minimum atomic E-state index is -0.0277. The molecule has 1 N–H and O–H groups in total. The Labute approximate surface area is 109 Å². The van der Waals surface area contributed by atoms with E-state index < -0.39 is 0 Å². The van der Waals surface area contributed by atoms with Crippen molar-refractivity contribution in [1.82, 2.24) is 5.32 Å². The lowest BCUT2D eigenvalue weighted by Crippen LogP contribution is -2.21. The summed E-state index contributed by atoms with van der Waals surface area (Å²) in [6.07, 6.45) is 5.54. The van der Waals surface area contributed by atoms with Gasteiger partial charge >= 0.3 is 0 Å². The normalized spacial score (nSPS) is 10.6. The summed E-state index contributed by atoms with van der Waals surface area (Å²) in [5, 5.41) is 2.85. The maximum absolute atomic E-state index is 11.5. The summed E-state index contributed by atoms with van der Waals surface area (Å²) < 4.78 is 0. The fourth-order valence-corrected chi connectivity index (χ4v) is 1.50. The summed E-state index contributed by atoms with van der Waals surface area (Å²) in [7, 11) is 4.01. The molecule has 0 spiro atoms. The third-order valence-electron chi connectivity index (χ3n) is 2.67. The van der Waals surface area contributed by atoms with Crippen molar-refractivity contribution in [3.05, 3.63) is 35.9 Å². The van der Waals surface area contributed by atoms with Gasteiger partial charge in [-0.2, -0.15) is 0 Å². The molecular formula is C15H22N2O. The lowest BCUT2D eigenvalue weighted by molar-refractivity contribution is -0.116. The zero-order chi connectivity index (χ0) is 13.4. The smallest absolute Gasteiger partial charge is 0.243 e. The van der Waals surface area contributed by atoms with Gasteiger partial charge in [0, 0.05) is 32.4 Å². The quantitative estimate of drug-likeness (QED) is 0.618. The Morgan fingerprint density at radius 2 is 1.94 bits per heavy atom. The minimum absolute atomic E-state index is 0.0277. The standard InChI is InChI=1S/C15H22N2O/c1-4-5-12-16-15(18)11-8-13-6-9-14(10-7-13)17(2)3/h6-11H,4-5,12H2,1-3H3,(H,16,18)/b11-8+. The second-order valence-electron chi connectivity index (χ2n) is 4.46. The van der Waals surface area contributed by atoms with Crippen molar-refractivity contribution in [2.75, 3.05) is 25.5 Å². The highest BCUT2D eigenvalue weighted by Crippen LogP contribution is 2.12. The Bertz CT molecular complexity index is 393. The number of carbonyl (C=O) groups excluding carboxylic acids is 1. The Morgan fingerprint density at radius 3 is 2.50 bits per heavy atom. The van der Waals surface area contributed by atoms with Crippen LogP contribution in [0.25, 0.3) is 6.08 Å². The van der Waals surface area contributed by atoms with Crippen LogP contribution < -0.4 is 10.2 Å². The van der Waals surface area contributed by atoms with Crippen molar-refractivity contribution in [2.24, 2.45) is 0 Å². The molecule has 3 heteroatoms. The lowest BCUT2D eigenvalue weighted by Gasteiger charge is -2.11. The van der Waals surface area contributed by atoms with E-state index in [2.05, 4.69) is 12.2 Å². The van der Waals surface area contributed by atoms with E-state index >= 15 is 0 Å². The van der Waals surface area contributed by atoms with E-state index in [1.54, 1.807) is 6.08 Å². The molecule has 3 nitrogen and oxygen atoms in total. The van der Waals surface area contributed by atoms with E-state index in [1.807, 2.05) is 49.3 Å². The van der Waals surface area contributed by atoms with E-state index in [0.29, 0.717) is 0 Å². The monoisotopic (exact) mass is 246 g/mol. The first-order valence-corrected chi connectivity index (χ1v) is 6.36. The number of unbranched alkanes of at least 4 members (excludes halogenated alkanes) is 1. The second-order valence-corrected chi connectivity index (χ2v) is 4.46. The zero-order valence-corrected chi connectivity index (χ0v) is 11.4.